The molecular weight excluding hydrogens is 342 g/mol. The summed E-state index contributed by atoms with van der Waals surface area (Å²) in [5, 5.41) is 11.5. The first-order valence-corrected chi connectivity index (χ1v) is 8.25. The van der Waals surface area contributed by atoms with E-state index in [1.165, 1.54) is 24.3 Å². The largest absolute Gasteiger partial charge is 0.287 e. The first-order valence-electron chi connectivity index (χ1n) is 8.25. The van der Waals surface area contributed by atoms with Gasteiger partial charge in [0.25, 0.3) is 5.69 Å². The highest BCUT2D eigenvalue weighted by molar-refractivity contribution is 6.14. The van der Waals surface area contributed by atoms with Crippen molar-refractivity contribution >= 4 is 22.4 Å². The van der Waals surface area contributed by atoms with Crippen LogP contribution in [0.2, 0.25) is 0 Å². The van der Waals surface area contributed by atoms with Crippen LogP contribution in [0.3, 0.4) is 0 Å². The number of hydrogen-bond donors (Lipinski definition) is 0. The summed E-state index contributed by atoms with van der Waals surface area (Å²) in [5.74, 6) is 0.153. The normalized spacial score (nSPS) is 10.7. The fraction of sp³-hybridized carbons (Fsp3) is 0. The van der Waals surface area contributed by atoms with E-state index in [-0.39, 0.29) is 17.2 Å². The smallest absolute Gasteiger partial charge is 0.269 e. The molecule has 4 rings (SSSR count). The number of carbonyl (C=O) groups is 1. The highest BCUT2D eigenvalue weighted by atomic mass is 16.6. The van der Waals surface area contributed by atoms with Crippen LogP contribution in [0.5, 0.6) is 0 Å². The van der Waals surface area contributed by atoms with Gasteiger partial charge in [-0.25, -0.2) is 9.97 Å². The first-order chi connectivity index (χ1) is 13.1. The fourth-order valence-electron chi connectivity index (χ4n) is 2.84. The lowest BCUT2D eigenvalue weighted by atomic mass is 10.0. The molecule has 0 saturated carbocycles. The van der Waals surface area contributed by atoms with E-state index in [9.17, 15) is 14.9 Å². The maximum Gasteiger partial charge on any atom is 0.269 e. The molecule has 0 radical (unpaired) electrons. The number of carbonyl (C=O) groups excluding carboxylic acids is 1. The highest BCUT2D eigenvalue weighted by Gasteiger charge is 2.18. The average molecular weight is 355 g/mol. The zero-order chi connectivity index (χ0) is 18.8. The second-order valence-corrected chi connectivity index (χ2v) is 5.91. The maximum absolute atomic E-state index is 13.1. The molecule has 0 aliphatic carbocycles. The molecule has 0 unspecified atom stereocenters. The van der Waals surface area contributed by atoms with Crippen molar-refractivity contribution in [2.45, 2.75) is 0 Å². The molecule has 0 aliphatic heterocycles. The second-order valence-electron chi connectivity index (χ2n) is 5.91. The van der Waals surface area contributed by atoms with E-state index in [1.807, 2.05) is 48.5 Å². The van der Waals surface area contributed by atoms with Gasteiger partial charge in [-0.2, -0.15) is 0 Å². The summed E-state index contributed by atoms with van der Waals surface area (Å²) in [4.78, 5) is 32.5. The standard InChI is InChI=1S/C21H13N3O3/c25-20(14-10-12-16(13-11-14)24(26)27)19-17-8-4-5-9-18(17)22-21(23-19)15-6-2-1-3-7-15/h1-13H. The number of fused-ring (bicyclic) bond motifs is 1. The predicted molar refractivity (Wildman–Crippen MR) is 102 cm³/mol. The maximum atomic E-state index is 13.1. The van der Waals surface area contributed by atoms with Gasteiger partial charge in [0, 0.05) is 28.6 Å². The van der Waals surface area contributed by atoms with Crippen LogP contribution in [-0.4, -0.2) is 20.7 Å². The summed E-state index contributed by atoms with van der Waals surface area (Å²) in [5.41, 5.74) is 2.01. The van der Waals surface area contributed by atoms with Crippen LogP contribution in [0.25, 0.3) is 22.3 Å². The van der Waals surface area contributed by atoms with Gasteiger partial charge in [-0.15, -0.1) is 0 Å². The van der Waals surface area contributed by atoms with Gasteiger partial charge in [-0.1, -0.05) is 48.5 Å². The Morgan fingerprint density at radius 1 is 0.815 bits per heavy atom. The van der Waals surface area contributed by atoms with E-state index in [2.05, 4.69) is 9.97 Å². The number of nitro groups is 1. The number of rotatable bonds is 4. The Labute approximate surface area is 154 Å². The Balaban J connectivity index is 1.87. The summed E-state index contributed by atoms with van der Waals surface area (Å²) < 4.78 is 0. The number of ketones is 1. The minimum Gasteiger partial charge on any atom is -0.287 e. The molecule has 1 heterocycles. The Kier molecular flexibility index (Phi) is 4.14. The minimum atomic E-state index is -0.498. The van der Waals surface area contributed by atoms with Gasteiger partial charge in [0.1, 0.15) is 5.69 Å². The van der Waals surface area contributed by atoms with E-state index in [1.54, 1.807) is 6.07 Å². The van der Waals surface area contributed by atoms with E-state index >= 15 is 0 Å². The Morgan fingerprint density at radius 3 is 2.19 bits per heavy atom. The number of non-ortho nitro benzene ring substituents is 1. The summed E-state index contributed by atoms with van der Waals surface area (Å²) >= 11 is 0. The molecule has 1 aromatic heterocycles. The van der Waals surface area contributed by atoms with Gasteiger partial charge in [0.2, 0.25) is 5.78 Å². The Hall–Kier alpha value is -3.93. The number of aromatic nitrogens is 2. The lowest BCUT2D eigenvalue weighted by Crippen LogP contribution is -2.07. The van der Waals surface area contributed by atoms with Crippen LogP contribution in [0.4, 0.5) is 5.69 Å². The number of nitrogens with zero attached hydrogens (tertiary/aromatic N) is 3. The van der Waals surface area contributed by atoms with Gasteiger partial charge in [-0.3, -0.25) is 14.9 Å². The third kappa shape index (κ3) is 3.16. The van der Waals surface area contributed by atoms with E-state index in [0.717, 1.165) is 5.56 Å². The molecule has 0 bridgehead atoms. The van der Waals surface area contributed by atoms with Gasteiger partial charge >= 0.3 is 0 Å². The van der Waals surface area contributed by atoms with E-state index < -0.39 is 4.92 Å². The molecule has 6 heteroatoms. The molecule has 0 amide bonds. The molecule has 0 N–H and O–H groups in total. The highest BCUT2D eigenvalue weighted by Crippen LogP contribution is 2.24. The van der Waals surface area contributed by atoms with Crippen LogP contribution in [0.1, 0.15) is 16.1 Å². The molecule has 130 valence electrons. The summed E-state index contributed by atoms with van der Waals surface area (Å²) in [6, 6.07) is 22.2. The predicted octanol–water partition coefficient (Wildman–Crippen LogP) is 4.44. The van der Waals surface area contributed by atoms with Crippen molar-refractivity contribution < 1.29 is 9.72 Å². The third-order valence-electron chi connectivity index (χ3n) is 4.19. The zero-order valence-corrected chi connectivity index (χ0v) is 14.1. The molecule has 3 aromatic carbocycles. The van der Waals surface area contributed by atoms with Crippen molar-refractivity contribution in [3.63, 3.8) is 0 Å². The van der Waals surface area contributed by atoms with Gasteiger partial charge in [0.05, 0.1) is 10.4 Å². The zero-order valence-electron chi connectivity index (χ0n) is 14.1. The second kappa shape index (κ2) is 6.76. The van der Waals surface area contributed by atoms with Crippen molar-refractivity contribution in [1.82, 2.24) is 9.97 Å². The van der Waals surface area contributed by atoms with Crippen molar-refractivity contribution in [2.75, 3.05) is 0 Å². The van der Waals surface area contributed by atoms with Crippen LogP contribution in [0.15, 0.2) is 78.9 Å². The van der Waals surface area contributed by atoms with Crippen molar-refractivity contribution in [2.24, 2.45) is 0 Å². The lowest BCUT2D eigenvalue weighted by Gasteiger charge is -2.08. The van der Waals surface area contributed by atoms with Crippen molar-refractivity contribution in [3.05, 3.63) is 100 Å². The van der Waals surface area contributed by atoms with Gasteiger partial charge in [-0.05, 0) is 18.2 Å². The third-order valence-corrected chi connectivity index (χ3v) is 4.19. The number of benzene rings is 3. The Bertz CT molecular complexity index is 1160. The van der Waals surface area contributed by atoms with E-state index in [0.29, 0.717) is 22.3 Å². The van der Waals surface area contributed by atoms with Gasteiger partial charge < -0.3 is 0 Å². The molecular formula is C21H13N3O3. The number of nitro benzene ring substituents is 1. The summed E-state index contributed by atoms with van der Waals surface area (Å²) in [6.07, 6.45) is 0. The van der Waals surface area contributed by atoms with Gasteiger partial charge in [0.15, 0.2) is 5.82 Å². The number of hydrogen-bond acceptors (Lipinski definition) is 5. The van der Waals surface area contributed by atoms with Crippen LogP contribution in [0, 0.1) is 10.1 Å². The van der Waals surface area contributed by atoms with Crippen molar-refractivity contribution in [1.29, 1.82) is 0 Å². The van der Waals surface area contributed by atoms with Crippen LogP contribution < -0.4 is 0 Å². The summed E-state index contributed by atoms with van der Waals surface area (Å²) in [6.45, 7) is 0. The molecule has 0 spiro atoms. The molecule has 0 fully saturated rings. The fourth-order valence-corrected chi connectivity index (χ4v) is 2.84. The monoisotopic (exact) mass is 355 g/mol. The first kappa shape index (κ1) is 16.5. The SMILES string of the molecule is O=C(c1ccc([N+](=O)[O-])cc1)c1nc(-c2ccccc2)nc2ccccc12. The topological polar surface area (TPSA) is 86.0 Å². The summed E-state index contributed by atoms with van der Waals surface area (Å²) in [7, 11) is 0. The molecule has 27 heavy (non-hydrogen) atoms. The quantitative estimate of drug-likeness (QED) is 0.307. The number of para-hydroxylation sites is 1. The Morgan fingerprint density at radius 2 is 1.48 bits per heavy atom. The molecule has 0 atom stereocenters. The van der Waals surface area contributed by atoms with Crippen molar-refractivity contribution in [3.8, 4) is 11.4 Å². The van der Waals surface area contributed by atoms with Crippen LogP contribution in [-0.2, 0) is 0 Å². The minimum absolute atomic E-state index is 0.0657. The molecule has 6 nitrogen and oxygen atoms in total. The lowest BCUT2D eigenvalue weighted by molar-refractivity contribution is -0.384. The molecule has 4 aromatic rings. The van der Waals surface area contributed by atoms with Crippen LogP contribution >= 0.6 is 0 Å². The molecule has 0 saturated heterocycles. The average Bonchev–Trinajstić information content (AvgIpc) is 2.73. The van der Waals surface area contributed by atoms with E-state index in [4.69, 9.17) is 0 Å². The molecule has 0 aliphatic rings.